The van der Waals surface area contributed by atoms with E-state index in [2.05, 4.69) is 4.98 Å². The number of rotatable bonds is 2. The van der Waals surface area contributed by atoms with E-state index in [1.807, 2.05) is 19.0 Å². The number of carbonyl (C=O) groups is 1. The Morgan fingerprint density at radius 3 is 2.73 bits per heavy atom. The van der Waals surface area contributed by atoms with Crippen LogP contribution in [0, 0.1) is 0 Å². The molecule has 0 aromatic carbocycles. The Morgan fingerprint density at radius 2 is 2.27 bits per heavy atom. The average molecular weight is 150 g/mol. The lowest BCUT2D eigenvalue weighted by Crippen LogP contribution is -2.12. The highest BCUT2D eigenvalue weighted by Gasteiger charge is 2.01. The number of anilines is 1. The smallest absolute Gasteiger partial charge is 0.153 e. The maximum Gasteiger partial charge on any atom is 0.153 e. The maximum atomic E-state index is 10.5. The van der Waals surface area contributed by atoms with Crippen LogP contribution in [0.4, 0.5) is 5.82 Å². The first kappa shape index (κ1) is 7.72. The number of hydrogen-bond acceptors (Lipinski definition) is 3. The number of pyridine rings is 1. The van der Waals surface area contributed by atoms with Crippen molar-refractivity contribution in [2.75, 3.05) is 19.0 Å². The van der Waals surface area contributed by atoms with Gasteiger partial charge in [-0.2, -0.15) is 0 Å². The Kier molecular flexibility index (Phi) is 2.21. The molecular formula is C8H10N2O. The molecule has 0 spiro atoms. The van der Waals surface area contributed by atoms with Crippen LogP contribution in [0.3, 0.4) is 0 Å². The molecule has 0 aliphatic rings. The molecular weight excluding hydrogens is 140 g/mol. The number of nitrogens with zero attached hydrogens (tertiary/aromatic N) is 2. The second kappa shape index (κ2) is 3.14. The summed E-state index contributed by atoms with van der Waals surface area (Å²) in [4.78, 5) is 16.3. The first-order valence-corrected chi connectivity index (χ1v) is 3.33. The molecule has 3 nitrogen and oxygen atoms in total. The van der Waals surface area contributed by atoms with Gasteiger partial charge in [0.05, 0.1) is 5.56 Å². The Bertz CT molecular complexity index is 258. The quantitative estimate of drug-likeness (QED) is 0.589. The second-order valence-corrected chi connectivity index (χ2v) is 2.43. The molecule has 58 valence electrons. The molecule has 0 atom stereocenters. The van der Waals surface area contributed by atoms with Crippen molar-refractivity contribution in [3.8, 4) is 0 Å². The third-order valence-electron chi connectivity index (χ3n) is 1.37. The number of carbonyl (C=O) groups excluding carboxylic acids is 1. The van der Waals surface area contributed by atoms with Crippen LogP contribution in [0.25, 0.3) is 0 Å². The molecule has 0 saturated carbocycles. The highest BCUT2D eigenvalue weighted by Crippen LogP contribution is 2.10. The van der Waals surface area contributed by atoms with E-state index < -0.39 is 0 Å². The Morgan fingerprint density at radius 1 is 1.55 bits per heavy atom. The number of aromatic nitrogens is 1. The largest absolute Gasteiger partial charge is 0.362 e. The van der Waals surface area contributed by atoms with Crippen molar-refractivity contribution in [3.63, 3.8) is 0 Å². The van der Waals surface area contributed by atoms with E-state index >= 15 is 0 Å². The van der Waals surface area contributed by atoms with Crippen LogP contribution < -0.4 is 4.90 Å². The zero-order valence-electron chi connectivity index (χ0n) is 6.61. The highest BCUT2D eigenvalue weighted by molar-refractivity contribution is 5.82. The van der Waals surface area contributed by atoms with Gasteiger partial charge in [0.1, 0.15) is 5.82 Å². The zero-order chi connectivity index (χ0) is 8.27. The summed E-state index contributed by atoms with van der Waals surface area (Å²) < 4.78 is 0. The molecule has 0 saturated heterocycles. The SMILES string of the molecule is CN(C)c1ncccc1C=O. The summed E-state index contributed by atoms with van der Waals surface area (Å²) in [5.41, 5.74) is 0.623. The van der Waals surface area contributed by atoms with E-state index in [1.165, 1.54) is 0 Å². The lowest BCUT2D eigenvalue weighted by Gasteiger charge is -2.11. The van der Waals surface area contributed by atoms with E-state index in [4.69, 9.17) is 0 Å². The van der Waals surface area contributed by atoms with Crippen LogP contribution in [0.15, 0.2) is 18.3 Å². The fraction of sp³-hybridized carbons (Fsp3) is 0.250. The van der Waals surface area contributed by atoms with Gasteiger partial charge in [-0.3, -0.25) is 4.79 Å². The summed E-state index contributed by atoms with van der Waals surface area (Å²) in [6.45, 7) is 0. The van der Waals surface area contributed by atoms with Crippen molar-refractivity contribution in [2.45, 2.75) is 0 Å². The van der Waals surface area contributed by atoms with Crippen LogP contribution >= 0.6 is 0 Å². The van der Waals surface area contributed by atoms with Crippen molar-refractivity contribution in [1.29, 1.82) is 0 Å². The molecule has 1 aromatic heterocycles. The van der Waals surface area contributed by atoms with E-state index in [1.54, 1.807) is 18.3 Å². The van der Waals surface area contributed by atoms with Crippen LogP contribution in [0.5, 0.6) is 0 Å². The summed E-state index contributed by atoms with van der Waals surface area (Å²) in [5.74, 6) is 0.711. The Labute approximate surface area is 65.7 Å². The fourth-order valence-electron chi connectivity index (χ4n) is 0.875. The molecule has 0 unspecified atom stereocenters. The Hall–Kier alpha value is -1.38. The molecule has 1 rings (SSSR count). The van der Waals surface area contributed by atoms with Gasteiger partial charge in [0, 0.05) is 20.3 Å². The molecule has 0 fully saturated rings. The second-order valence-electron chi connectivity index (χ2n) is 2.43. The summed E-state index contributed by atoms with van der Waals surface area (Å²) in [6.07, 6.45) is 2.48. The normalized spacial score (nSPS) is 9.27. The number of hydrogen-bond donors (Lipinski definition) is 0. The molecule has 0 bridgehead atoms. The van der Waals surface area contributed by atoms with Gasteiger partial charge >= 0.3 is 0 Å². The Balaban J connectivity index is 3.12. The lowest BCUT2D eigenvalue weighted by atomic mass is 10.3. The van der Waals surface area contributed by atoms with E-state index in [-0.39, 0.29) is 0 Å². The standard InChI is InChI=1S/C8H10N2O/c1-10(2)8-7(6-11)4-3-5-9-8/h3-6H,1-2H3. The van der Waals surface area contributed by atoms with Gasteiger partial charge in [0.2, 0.25) is 0 Å². The molecule has 0 aliphatic carbocycles. The summed E-state index contributed by atoms with van der Waals surface area (Å²) in [7, 11) is 3.71. The van der Waals surface area contributed by atoms with E-state index in [0.717, 1.165) is 6.29 Å². The van der Waals surface area contributed by atoms with Gasteiger partial charge in [-0.15, -0.1) is 0 Å². The molecule has 11 heavy (non-hydrogen) atoms. The van der Waals surface area contributed by atoms with Crippen LogP contribution in [0.1, 0.15) is 10.4 Å². The van der Waals surface area contributed by atoms with Crippen molar-refractivity contribution in [2.24, 2.45) is 0 Å². The van der Waals surface area contributed by atoms with E-state index in [0.29, 0.717) is 11.4 Å². The molecule has 3 heteroatoms. The minimum Gasteiger partial charge on any atom is -0.362 e. The topological polar surface area (TPSA) is 33.2 Å². The minimum atomic E-state index is 0.623. The van der Waals surface area contributed by atoms with Gasteiger partial charge in [-0.05, 0) is 12.1 Å². The van der Waals surface area contributed by atoms with Crippen molar-refractivity contribution < 1.29 is 4.79 Å². The van der Waals surface area contributed by atoms with Gasteiger partial charge in [0.25, 0.3) is 0 Å². The van der Waals surface area contributed by atoms with Gasteiger partial charge in [-0.1, -0.05) is 0 Å². The third kappa shape index (κ3) is 1.55. The first-order valence-electron chi connectivity index (χ1n) is 3.33. The predicted octanol–water partition coefficient (Wildman–Crippen LogP) is 0.960. The molecule has 0 N–H and O–H groups in total. The highest BCUT2D eigenvalue weighted by atomic mass is 16.1. The van der Waals surface area contributed by atoms with Crippen molar-refractivity contribution in [1.82, 2.24) is 4.98 Å². The lowest BCUT2D eigenvalue weighted by molar-refractivity contribution is 0.112. The molecule has 0 amide bonds. The average Bonchev–Trinajstić information content (AvgIpc) is 2.04. The molecule has 0 radical (unpaired) electrons. The molecule has 0 aliphatic heterocycles. The van der Waals surface area contributed by atoms with Crippen molar-refractivity contribution in [3.05, 3.63) is 23.9 Å². The van der Waals surface area contributed by atoms with Crippen LogP contribution in [-0.4, -0.2) is 25.4 Å². The van der Waals surface area contributed by atoms with Gasteiger partial charge in [-0.25, -0.2) is 4.98 Å². The maximum absolute atomic E-state index is 10.5. The fourth-order valence-corrected chi connectivity index (χ4v) is 0.875. The number of aldehydes is 1. The zero-order valence-corrected chi connectivity index (χ0v) is 6.61. The van der Waals surface area contributed by atoms with Crippen LogP contribution in [-0.2, 0) is 0 Å². The van der Waals surface area contributed by atoms with Gasteiger partial charge in [0.15, 0.2) is 6.29 Å². The summed E-state index contributed by atoms with van der Waals surface area (Å²) in [5, 5.41) is 0. The van der Waals surface area contributed by atoms with E-state index in [9.17, 15) is 4.79 Å². The van der Waals surface area contributed by atoms with Crippen molar-refractivity contribution >= 4 is 12.1 Å². The first-order chi connectivity index (χ1) is 5.25. The summed E-state index contributed by atoms with van der Waals surface area (Å²) >= 11 is 0. The molecule has 1 aromatic rings. The molecule has 1 heterocycles. The van der Waals surface area contributed by atoms with Crippen LogP contribution in [0.2, 0.25) is 0 Å². The van der Waals surface area contributed by atoms with Gasteiger partial charge < -0.3 is 4.90 Å². The monoisotopic (exact) mass is 150 g/mol. The minimum absolute atomic E-state index is 0.623. The summed E-state index contributed by atoms with van der Waals surface area (Å²) in [6, 6.07) is 3.49. The predicted molar refractivity (Wildman–Crippen MR) is 44.0 cm³/mol. The third-order valence-corrected chi connectivity index (χ3v) is 1.37.